The molecule has 10 aliphatic heterocycles. The molecule has 0 spiro atoms. The number of furan rings is 1. The molecule has 616 valence electrons. The Kier molecular flexibility index (Phi) is 20.5. The lowest BCUT2D eigenvalue weighted by Crippen LogP contribution is -2.48. The van der Waals surface area contributed by atoms with Crippen molar-refractivity contribution in [2.45, 2.75) is 109 Å². The van der Waals surface area contributed by atoms with Gasteiger partial charge in [0.05, 0.1) is 46.3 Å². The summed E-state index contributed by atoms with van der Waals surface area (Å²) in [5.41, 5.74) is 10.00. The van der Waals surface area contributed by atoms with E-state index in [2.05, 4.69) is 54.6 Å². The van der Waals surface area contributed by atoms with E-state index in [1.165, 1.54) is 10.1 Å². The molecule has 0 bridgehead atoms. The van der Waals surface area contributed by atoms with Crippen molar-refractivity contribution in [3.8, 4) is 6.07 Å². The summed E-state index contributed by atoms with van der Waals surface area (Å²) >= 11 is 20.0. The first-order valence-corrected chi connectivity index (χ1v) is 42.3. The second kappa shape index (κ2) is 30.9. The highest BCUT2D eigenvalue weighted by atomic mass is 35.5. The van der Waals surface area contributed by atoms with Crippen molar-refractivity contribution in [2.24, 2.45) is 25.0 Å². The molecule has 5 atom stereocenters. The molecule has 0 aliphatic carbocycles. The second-order valence-electron chi connectivity index (χ2n) is 32.6. The summed E-state index contributed by atoms with van der Waals surface area (Å²) in [6.45, 7) is 16.1. The maximum Gasteiger partial charge on any atom is 0.204 e. The number of carbonyl (C=O) groups excluding carboxylic acids is 5. The Bertz CT molecular complexity index is 6480. The number of rotatable bonds is 5. The van der Waals surface area contributed by atoms with E-state index in [0.717, 1.165) is 78.4 Å². The zero-order valence-corrected chi connectivity index (χ0v) is 70.9. The van der Waals surface area contributed by atoms with Gasteiger partial charge in [-0.05, 0) is 234 Å². The van der Waals surface area contributed by atoms with Crippen molar-refractivity contribution >= 4 is 182 Å². The lowest BCUT2D eigenvalue weighted by molar-refractivity contribution is 0.0600. The van der Waals surface area contributed by atoms with Crippen LogP contribution in [-0.4, -0.2) is 144 Å². The molecule has 5 fully saturated rings. The van der Waals surface area contributed by atoms with Gasteiger partial charge in [0.2, 0.25) is 28.9 Å². The molecule has 10 aliphatic rings. The van der Waals surface area contributed by atoms with Crippen LogP contribution in [0.4, 0.5) is 56.9 Å². The number of aliphatic imine (C=N–C) groups is 5. The number of nitriles is 1. The van der Waals surface area contributed by atoms with E-state index >= 15 is 0 Å². The Balaban J connectivity index is 0.000000105. The minimum absolute atomic E-state index is 0.240. The second-order valence-corrected chi connectivity index (χ2v) is 34.8. The Morgan fingerprint density at radius 2 is 0.715 bits per heavy atom. The van der Waals surface area contributed by atoms with Crippen molar-refractivity contribution in [1.29, 1.82) is 5.26 Å². The Hall–Kier alpha value is -12.4. The minimum atomic E-state index is -1.64. The number of halogens is 3. The van der Waals surface area contributed by atoms with Crippen LogP contribution in [0.2, 0.25) is 15.1 Å². The van der Waals surface area contributed by atoms with Gasteiger partial charge < -0.3 is 54.4 Å². The van der Waals surface area contributed by atoms with Gasteiger partial charge in [-0.1, -0.05) is 93.5 Å². The summed E-state index contributed by atoms with van der Waals surface area (Å²) in [7, 11) is 0. The van der Waals surface area contributed by atoms with Crippen LogP contribution in [0.25, 0.3) is 21.1 Å². The van der Waals surface area contributed by atoms with Crippen LogP contribution < -0.4 is 24.5 Å². The third-order valence-electron chi connectivity index (χ3n) is 24.5. The lowest BCUT2D eigenvalue weighted by Gasteiger charge is -2.30. The highest BCUT2D eigenvalue weighted by Crippen LogP contribution is 2.48. The molecule has 22 rings (SSSR count). The fourth-order valence-electron chi connectivity index (χ4n) is 17.6. The molecule has 2 aromatic heterocycles. The smallest absolute Gasteiger partial charge is 0.204 e. The van der Waals surface area contributed by atoms with E-state index in [9.17, 15) is 49.5 Å². The zero-order chi connectivity index (χ0) is 86.3. The van der Waals surface area contributed by atoms with Gasteiger partial charge in [-0.25, -0.2) is 25.0 Å². The highest BCUT2D eigenvalue weighted by molar-refractivity contribution is 7.17. The highest BCUT2D eigenvalue weighted by Gasteiger charge is 2.57. The summed E-state index contributed by atoms with van der Waals surface area (Å²) in [6.07, 6.45) is 3.26. The predicted molar refractivity (Wildman–Crippen MR) is 484 cm³/mol. The molecule has 22 nitrogen and oxygen atoms in total. The SMILES string of the molecule is Cc1cc(N2CC[C@@]3(O)C(=O)c4cc(Cl)ccc4N=C23)ccc1C#N.Cc1ccc2c(c1)C(=O)[C@]1(O)CCN(c3ccc(C)c(Cl)c3)C1=N2.Cc1ccc2c(c1)C(=O)[C@]1(O)CCN(c3ccc(Cl)c(C)c3)C1=N2.Cc1ccc2c(c1)C(=O)[C@]1(O)CCN(c3ccc4ccsc4c3)C1=N2.Cc1ccc2c(c1)C(=O)[C@]1(O)CCN(c3ccc4occc4c3)C1=N2. The largest absolute Gasteiger partial charge is 0.464 e. The molecule has 0 saturated carbocycles. The monoisotopic (exact) mass is 1710 g/mol. The first-order chi connectivity index (χ1) is 58.9. The molecule has 5 saturated heterocycles. The number of ketones is 5. The van der Waals surface area contributed by atoms with Crippen LogP contribution >= 0.6 is 46.1 Å². The van der Waals surface area contributed by atoms with Gasteiger partial charge in [0.15, 0.2) is 28.0 Å². The van der Waals surface area contributed by atoms with Crippen LogP contribution in [0.15, 0.2) is 235 Å². The minimum Gasteiger partial charge on any atom is -0.464 e. The summed E-state index contributed by atoms with van der Waals surface area (Å²) < 4.78 is 6.57. The van der Waals surface area contributed by atoms with Crippen molar-refractivity contribution in [1.82, 2.24) is 0 Å². The number of anilines is 5. The maximum atomic E-state index is 13.0. The first kappa shape index (κ1) is 81.6. The molecule has 12 aromatic rings. The van der Waals surface area contributed by atoms with E-state index in [1.54, 1.807) is 60.1 Å². The normalized spacial score (nSPS) is 22.0. The third-order valence-corrected chi connectivity index (χ3v) is 26.4. The van der Waals surface area contributed by atoms with Gasteiger partial charge in [0.25, 0.3) is 0 Å². The number of aliphatic hydroxyl groups is 5. The van der Waals surface area contributed by atoms with Gasteiger partial charge in [0.1, 0.15) is 34.8 Å². The molecule has 10 aromatic carbocycles. The van der Waals surface area contributed by atoms with Gasteiger partial charge >= 0.3 is 0 Å². The van der Waals surface area contributed by atoms with Crippen molar-refractivity contribution < 1.29 is 53.9 Å². The molecule has 5 N–H and O–H groups in total. The quantitative estimate of drug-likeness (QED) is 0.107. The van der Waals surface area contributed by atoms with Gasteiger partial charge in [-0.15, -0.1) is 11.3 Å². The van der Waals surface area contributed by atoms with Crippen molar-refractivity contribution in [2.75, 3.05) is 57.2 Å². The average Bonchev–Trinajstić information content (AvgIpc) is 1.52. The number of amidine groups is 5. The van der Waals surface area contributed by atoms with Crippen LogP contribution in [0.3, 0.4) is 0 Å². The molecular weight excluding hydrogens is 1630 g/mol. The molecule has 0 amide bonds. The Morgan fingerprint density at radius 3 is 1.12 bits per heavy atom. The Morgan fingerprint density at radius 1 is 0.358 bits per heavy atom. The van der Waals surface area contributed by atoms with E-state index in [-0.39, 0.29) is 35.3 Å². The number of thiophene rings is 1. The summed E-state index contributed by atoms with van der Waals surface area (Å²) in [5.74, 6) is 0.584. The van der Waals surface area contributed by atoms with E-state index in [1.807, 2.05) is 206 Å². The molecule has 0 radical (unpaired) electrons. The van der Waals surface area contributed by atoms with Crippen LogP contribution in [0.5, 0.6) is 0 Å². The topological polar surface area (TPSA) is 301 Å². The number of fused-ring (bicyclic) bond motifs is 12. The number of Topliss-reactive ketones (excluding diaryl/α,β-unsaturated/α-hetero) is 5. The summed E-state index contributed by atoms with van der Waals surface area (Å²) in [6, 6.07) is 62.1. The molecular formula is C97H80Cl3N11O11S. The van der Waals surface area contributed by atoms with E-state index in [4.69, 9.17) is 44.5 Å². The predicted octanol–water partition coefficient (Wildman–Crippen LogP) is 18.7. The van der Waals surface area contributed by atoms with Crippen LogP contribution in [-0.2, 0) is 0 Å². The van der Waals surface area contributed by atoms with Gasteiger partial charge in [-0.2, -0.15) is 5.26 Å². The van der Waals surface area contributed by atoms with Crippen molar-refractivity contribution in [3.05, 3.63) is 293 Å². The number of benzene rings is 10. The van der Waals surface area contributed by atoms with Crippen LogP contribution in [0, 0.1) is 59.8 Å². The fourth-order valence-corrected chi connectivity index (χ4v) is 18.9. The Labute approximate surface area is 726 Å². The number of aryl methyl sites for hydroxylation is 7. The maximum absolute atomic E-state index is 13.0. The molecule has 12 heterocycles. The van der Waals surface area contributed by atoms with Gasteiger partial charge in [0, 0.05) is 146 Å². The van der Waals surface area contributed by atoms with Crippen molar-refractivity contribution in [3.63, 3.8) is 0 Å². The van der Waals surface area contributed by atoms with E-state index < -0.39 is 28.0 Å². The zero-order valence-electron chi connectivity index (χ0n) is 67.8. The fraction of sp³-hybridized carbons (Fsp3) is 0.227. The molecule has 0 unspecified atom stereocenters. The summed E-state index contributed by atoms with van der Waals surface area (Å²) in [4.78, 5) is 97.2. The first-order valence-electron chi connectivity index (χ1n) is 40.3. The number of nitrogens with zero attached hydrogens (tertiary/aromatic N) is 11. The average molecular weight is 1710 g/mol. The standard InChI is InChI=1S/C20H16N2O3.C20H16N2O2S.C19H14ClN3O2.2C19H17ClN2O2/c1-12-2-4-16-15(10-12)18(23)20(24)7-8-22(19(20)21-16)14-3-5-17-13(11-14)6-9-25-17;1-12-2-5-16-15(10-12)18(23)20(24)7-8-22(19(20)21-16)14-4-3-13-6-9-25-17(13)11-14;1-11-8-14(4-2-12(11)10-21)23-7-6-19(25)17(24)15-9-13(20)3-5-16(15)22-18(19)23;1-11-3-6-16-14(9-11)17(23)19(24)7-8-22(18(19)21-16)13-4-5-15(20)12(2)10-13;1-11-3-6-16-14(9-11)17(23)19(24)7-8-22(18(19)21-16)13-5-4-12(2)15(20)10-13/h2*2-6,9-11,24H,7-8H2,1H3;2-5,8-9,25H,6-7H2,1H3;2*3-6,9-10,24H,7-8H2,1-2H3/t2*20-;3*19-/m11111/s1. The number of hydrogen-bond donors (Lipinski definition) is 5. The van der Waals surface area contributed by atoms with Gasteiger partial charge in [-0.3, -0.25) is 24.0 Å². The molecule has 123 heavy (non-hydrogen) atoms. The van der Waals surface area contributed by atoms with E-state index in [0.29, 0.717) is 164 Å². The molecule has 26 heteroatoms. The third kappa shape index (κ3) is 13.9. The number of carbonyl (C=O) groups is 5. The summed E-state index contributed by atoms with van der Waals surface area (Å²) in [5, 5.41) is 70.3. The lowest BCUT2D eigenvalue weighted by atomic mass is 9.87. The number of hydrogen-bond acceptors (Lipinski definition) is 23. The van der Waals surface area contributed by atoms with Crippen LogP contribution in [0.1, 0.15) is 128 Å².